The second kappa shape index (κ2) is 6.23. The van der Waals surface area contributed by atoms with E-state index in [1.807, 2.05) is 6.20 Å². The van der Waals surface area contributed by atoms with Gasteiger partial charge >= 0.3 is 0 Å². The molecule has 0 saturated carbocycles. The van der Waals surface area contributed by atoms with Crippen LogP contribution < -0.4 is 5.73 Å². The van der Waals surface area contributed by atoms with E-state index < -0.39 is 0 Å². The highest BCUT2D eigenvalue weighted by Gasteiger charge is 2.15. The van der Waals surface area contributed by atoms with Crippen LogP contribution in [0.25, 0.3) is 11.3 Å². The Labute approximate surface area is 121 Å². The zero-order valence-corrected chi connectivity index (χ0v) is 12.9. The van der Waals surface area contributed by atoms with Crippen LogP contribution in [0.4, 0.5) is 0 Å². The number of aryl methyl sites for hydroxylation is 2. The van der Waals surface area contributed by atoms with E-state index in [0.717, 1.165) is 17.9 Å². The van der Waals surface area contributed by atoms with Crippen LogP contribution in [0.15, 0.2) is 24.4 Å². The lowest BCUT2D eigenvalue weighted by atomic mass is 9.97. The Balaban J connectivity index is 2.27. The van der Waals surface area contributed by atoms with Gasteiger partial charge in [0.1, 0.15) is 5.82 Å². The minimum atomic E-state index is 0.314. The topological polar surface area (TPSA) is 54.7 Å². The first-order valence-corrected chi connectivity index (χ1v) is 7.33. The Morgan fingerprint density at radius 1 is 1.15 bits per heavy atom. The third kappa shape index (κ3) is 3.48. The number of hydrogen-bond donors (Lipinski definition) is 2. The summed E-state index contributed by atoms with van der Waals surface area (Å²) in [5, 5.41) is 0. The molecule has 1 atom stereocenters. The van der Waals surface area contributed by atoms with Gasteiger partial charge in [-0.1, -0.05) is 31.0 Å². The smallest absolute Gasteiger partial charge is 0.110 e. The molecule has 0 spiro atoms. The Hall–Kier alpha value is -1.61. The molecule has 3 heteroatoms. The molecule has 1 unspecified atom stereocenters. The highest BCUT2D eigenvalue weighted by Crippen LogP contribution is 2.25. The fraction of sp³-hybridized carbons (Fsp3) is 0.471. The molecule has 0 radical (unpaired) electrons. The molecule has 0 fully saturated rings. The summed E-state index contributed by atoms with van der Waals surface area (Å²) >= 11 is 0. The van der Waals surface area contributed by atoms with E-state index in [9.17, 15) is 0 Å². The highest BCUT2D eigenvalue weighted by atomic mass is 14.9. The van der Waals surface area contributed by atoms with E-state index in [1.165, 1.54) is 16.7 Å². The molecule has 108 valence electrons. The van der Waals surface area contributed by atoms with E-state index in [2.05, 4.69) is 55.9 Å². The normalized spacial score (nSPS) is 12.9. The first-order chi connectivity index (χ1) is 9.49. The van der Waals surface area contributed by atoms with Crippen molar-refractivity contribution in [1.82, 2.24) is 9.97 Å². The molecular weight excluding hydrogens is 246 g/mol. The molecule has 2 rings (SSSR count). The predicted molar refractivity (Wildman–Crippen MR) is 84.7 cm³/mol. The maximum Gasteiger partial charge on any atom is 0.110 e. The average molecular weight is 271 g/mol. The van der Waals surface area contributed by atoms with Gasteiger partial charge in [0.05, 0.1) is 11.9 Å². The van der Waals surface area contributed by atoms with Crippen molar-refractivity contribution in [1.29, 1.82) is 0 Å². The molecule has 0 amide bonds. The van der Waals surface area contributed by atoms with Crippen molar-refractivity contribution in [3.63, 3.8) is 0 Å². The van der Waals surface area contributed by atoms with E-state index in [1.54, 1.807) is 0 Å². The molecule has 3 N–H and O–H groups in total. The standard InChI is InChI=1S/C17H25N3/c1-11(2)5-15(9-18)17-19-10-16(20-17)14-7-12(3)6-13(4)8-14/h6-8,10-11,15H,5,9,18H2,1-4H3,(H,19,20). The second-order valence-corrected chi connectivity index (χ2v) is 6.12. The highest BCUT2D eigenvalue weighted by molar-refractivity contribution is 5.60. The minimum absolute atomic E-state index is 0.314. The Morgan fingerprint density at radius 3 is 2.35 bits per heavy atom. The molecule has 1 aromatic carbocycles. The third-order valence-electron chi connectivity index (χ3n) is 3.56. The SMILES string of the molecule is Cc1cc(C)cc(-c2cnc(C(CN)CC(C)C)[nH]2)c1. The molecule has 0 saturated heterocycles. The van der Waals surface area contributed by atoms with Gasteiger partial charge in [0, 0.05) is 18.0 Å². The minimum Gasteiger partial charge on any atom is -0.342 e. The van der Waals surface area contributed by atoms with Crippen molar-refractivity contribution in [3.05, 3.63) is 41.3 Å². The van der Waals surface area contributed by atoms with Crippen LogP contribution in [0.3, 0.4) is 0 Å². The predicted octanol–water partition coefficient (Wildman–Crippen LogP) is 3.78. The van der Waals surface area contributed by atoms with Crippen LogP contribution in [0.1, 0.15) is 43.1 Å². The summed E-state index contributed by atoms with van der Waals surface area (Å²) in [6, 6.07) is 6.55. The lowest BCUT2D eigenvalue weighted by molar-refractivity contribution is 0.490. The number of rotatable bonds is 5. The van der Waals surface area contributed by atoms with Crippen LogP contribution in [-0.4, -0.2) is 16.5 Å². The number of nitrogens with two attached hydrogens (primary N) is 1. The number of nitrogens with one attached hydrogen (secondary N) is 1. The maximum absolute atomic E-state index is 5.89. The molecule has 3 nitrogen and oxygen atoms in total. The quantitative estimate of drug-likeness (QED) is 0.869. The number of nitrogens with zero attached hydrogens (tertiary/aromatic N) is 1. The van der Waals surface area contributed by atoms with Gasteiger partial charge in [-0.3, -0.25) is 0 Å². The van der Waals surface area contributed by atoms with E-state index in [0.29, 0.717) is 18.4 Å². The average Bonchev–Trinajstić information content (AvgIpc) is 2.84. The fourth-order valence-electron chi connectivity index (χ4n) is 2.71. The third-order valence-corrected chi connectivity index (χ3v) is 3.56. The molecule has 20 heavy (non-hydrogen) atoms. The zero-order chi connectivity index (χ0) is 14.7. The maximum atomic E-state index is 5.89. The number of imidazole rings is 1. The van der Waals surface area contributed by atoms with Crippen LogP contribution in [0, 0.1) is 19.8 Å². The van der Waals surface area contributed by atoms with Crippen molar-refractivity contribution < 1.29 is 0 Å². The number of hydrogen-bond acceptors (Lipinski definition) is 2. The van der Waals surface area contributed by atoms with Crippen molar-refractivity contribution in [2.24, 2.45) is 11.7 Å². The Morgan fingerprint density at radius 2 is 1.80 bits per heavy atom. The summed E-state index contributed by atoms with van der Waals surface area (Å²) in [7, 11) is 0. The monoisotopic (exact) mass is 271 g/mol. The van der Waals surface area contributed by atoms with Gasteiger partial charge in [0.15, 0.2) is 0 Å². The molecule has 1 aromatic heterocycles. The van der Waals surface area contributed by atoms with Gasteiger partial charge in [-0.05, 0) is 38.3 Å². The molecule has 2 aromatic rings. The molecule has 0 aliphatic carbocycles. The first-order valence-electron chi connectivity index (χ1n) is 7.33. The number of aromatic amines is 1. The second-order valence-electron chi connectivity index (χ2n) is 6.12. The van der Waals surface area contributed by atoms with Gasteiger partial charge < -0.3 is 10.7 Å². The largest absolute Gasteiger partial charge is 0.342 e. The first kappa shape index (κ1) is 14.8. The molecule has 0 aliphatic rings. The lowest BCUT2D eigenvalue weighted by Crippen LogP contribution is -2.15. The van der Waals surface area contributed by atoms with Gasteiger partial charge in [0.2, 0.25) is 0 Å². The number of H-pyrrole nitrogens is 1. The zero-order valence-electron chi connectivity index (χ0n) is 12.9. The summed E-state index contributed by atoms with van der Waals surface area (Å²) < 4.78 is 0. The number of aromatic nitrogens is 2. The van der Waals surface area contributed by atoms with Gasteiger partial charge in [-0.2, -0.15) is 0 Å². The fourth-order valence-corrected chi connectivity index (χ4v) is 2.71. The van der Waals surface area contributed by atoms with E-state index in [4.69, 9.17) is 5.73 Å². The van der Waals surface area contributed by atoms with E-state index in [-0.39, 0.29) is 0 Å². The number of benzene rings is 1. The van der Waals surface area contributed by atoms with Gasteiger partial charge in [0.25, 0.3) is 0 Å². The Bertz CT molecular complexity index is 549. The van der Waals surface area contributed by atoms with Crippen LogP contribution in [0.2, 0.25) is 0 Å². The van der Waals surface area contributed by atoms with Gasteiger partial charge in [-0.25, -0.2) is 4.98 Å². The summed E-state index contributed by atoms with van der Waals surface area (Å²) in [5.41, 5.74) is 10.7. The summed E-state index contributed by atoms with van der Waals surface area (Å²) in [6.45, 7) is 9.31. The molecule has 0 aliphatic heterocycles. The summed E-state index contributed by atoms with van der Waals surface area (Å²) in [6.07, 6.45) is 2.99. The van der Waals surface area contributed by atoms with Crippen molar-refractivity contribution in [2.45, 2.75) is 40.0 Å². The molecule has 0 bridgehead atoms. The van der Waals surface area contributed by atoms with Gasteiger partial charge in [-0.15, -0.1) is 0 Å². The molecular formula is C17H25N3. The lowest BCUT2D eigenvalue weighted by Gasteiger charge is -2.14. The van der Waals surface area contributed by atoms with Crippen molar-refractivity contribution in [3.8, 4) is 11.3 Å². The van der Waals surface area contributed by atoms with Crippen LogP contribution in [-0.2, 0) is 0 Å². The Kier molecular flexibility index (Phi) is 4.61. The van der Waals surface area contributed by atoms with Crippen LogP contribution >= 0.6 is 0 Å². The molecule has 1 heterocycles. The summed E-state index contributed by atoms with van der Waals surface area (Å²) in [4.78, 5) is 7.99. The summed E-state index contributed by atoms with van der Waals surface area (Å²) in [5.74, 6) is 1.95. The van der Waals surface area contributed by atoms with Crippen molar-refractivity contribution in [2.75, 3.05) is 6.54 Å². The van der Waals surface area contributed by atoms with Crippen LogP contribution in [0.5, 0.6) is 0 Å². The van der Waals surface area contributed by atoms with Crippen molar-refractivity contribution >= 4 is 0 Å². The van der Waals surface area contributed by atoms with E-state index >= 15 is 0 Å².